The molecular weight excluding hydrogens is 210 g/mol. The van der Waals surface area contributed by atoms with E-state index in [0.717, 1.165) is 0 Å². The molecule has 2 heterocycles. The van der Waals surface area contributed by atoms with E-state index in [1.165, 1.54) is 0 Å². The molecule has 0 unspecified atom stereocenters. The van der Waals surface area contributed by atoms with Gasteiger partial charge >= 0.3 is 0 Å². The van der Waals surface area contributed by atoms with Crippen LogP contribution >= 0.6 is 0 Å². The molecule has 80 valence electrons. The van der Waals surface area contributed by atoms with Crippen molar-refractivity contribution in [2.75, 3.05) is 0 Å². The van der Waals surface area contributed by atoms with Crippen molar-refractivity contribution in [1.29, 1.82) is 0 Å². The number of hydrogen-bond donors (Lipinski definition) is 1. The molecule has 0 aliphatic rings. The third-order valence-electron chi connectivity index (χ3n) is 2.08. The first-order valence-electron chi connectivity index (χ1n) is 4.42. The van der Waals surface area contributed by atoms with Crippen molar-refractivity contribution >= 4 is 17.1 Å². The average molecular weight is 217 g/mol. The van der Waals surface area contributed by atoms with Crippen molar-refractivity contribution in [3.05, 3.63) is 32.2 Å². The summed E-state index contributed by atoms with van der Waals surface area (Å²) in [7, 11) is 0. The van der Waals surface area contributed by atoms with E-state index in [4.69, 9.17) is 5.53 Å². The second-order valence-electron chi connectivity index (χ2n) is 3.15. The second kappa shape index (κ2) is 3.59. The number of azide groups is 1. The van der Waals surface area contributed by atoms with Gasteiger partial charge in [0.1, 0.15) is 0 Å². The summed E-state index contributed by atoms with van der Waals surface area (Å²) >= 11 is 0. The fourth-order valence-corrected chi connectivity index (χ4v) is 1.20. The van der Waals surface area contributed by atoms with E-state index >= 15 is 0 Å². The van der Waals surface area contributed by atoms with E-state index in [-0.39, 0.29) is 17.1 Å². The zero-order valence-corrected chi connectivity index (χ0v) is 8.59. The Kier molecular flexibility index (Phi) is 2.26. The summed E-state index contributed by atoms with van der Waals surface area (Å²) in [5, 5.41) is 3.22. The second-order valence-corrected chi connectivity index (χ2v) is 3.15. The Morgan fingerprint density at radius 2 is 1.94 bits per heavy atom. The van der Waals surface area contributed by atoms with Gasteiger partial charge in [0, 0.05) is 4.91 Å². The number of rotatable bonds is 1. The van der Waals surface area contributed by atoms with Crippen LogP contribution in [0.15, 0.2) is 9.91 Å². The fourth-order valence-electron chi connectivity index (χ4n) is 1.20. The maximum Gasteiger partial charge on any atom is 0.279 e. The lowest BCUT2D eigenvalue weighted by molar-refractivity contribution is 1.03. The molecule has 2 aromatic heterocycles. The van der Waals surface area contributed by atoms with Gasteiger partial charge < -0.3 is 4.98 Å². The predicted octanol–water partition coefficient (Wildman–Crippen LogP) is 1.27. The topological polar surface area (TPSA) is 120 Å². The fraction of sp³-hybridized carbons (Fsp3) is 0.250. The molecule has 0 spiro atoms. The van der Waals surface area contributed by atoms with Crippen molar-refractivity contribution in [2.24, 2.45) is 5.11 Å². The van der Waals surface area contributed by atoms with E-state index in [1.807, 2.05) is 0 Å². The Labute approximate surface area is 89.0 Å². The first kappa shape index (κ1) is 10.1. The highest BCUT2D eigenvalue weighted by Gasteiger charge is 2.07. The average Bonchev–Trinajstić information content (AvgIpc) is 2.22. The summed E-state index contributed by atoms with van der Waals surface area (Å²) in [5.41, 5.74) is 9.43. The van der Waals surface area contributed by atoms with Gasteiger partial charge in [0.25, 0.3) is 5.56 Å². The third-order valence-corrected chi connectivity index (χ3v) is 2.08. The van der Waals surface area contributed by atoms with Gasteiger partial charge in [0.2, 0.25) is 0 Å². The molecule has 0 aliphatic heterocycles. The number of aryl methyl sites for hydroxylation is 2. The van der Waals surface area contributed by atoms with Crippen LogP contribution in [0.4, 0.5) is 5.95 Å². The standard InChI is InChI=1S/C8H7N7O/c1-3-4(2)11-6-5(10-3)7(16)13-8(12-6)14-15-9/h1-2H3,(H,11,12,13,16). The molecular formula is C8H7N7O. The van der Waals surface area contributed by atoms with Gasteiger partial charge in [-0.25, -0.2) is 15.0 Å². The molecule has 0 amide bonds. The Hall–Kier alpha value is -2.47. The molecule has 0 fully saturated rings. The molecule has 0 aliphatic carbocycles. The van der Waals surface area contributed by atoms with E-state index in [2.05, 4.69) is 30.0 Å². The van der Waals surface area contributed by atoms with Crippen LogP contribution in [0.2, 0.25) is 0 Å². The van der Waals surface area contributed by atoms with Gasteiger partial charge in [-0.2, -0.15) is 0 Å². The highest BCUT2D eigenvalue weighted by Crippen LogP contribution is 2.09. The smallest absolute Gasteiger partial charge is 0.279 e. The maximum atomic E-state index is 11.6. The normalized spacial score (nSPS) is 10.1. The monoisotopic (exact) mass is 217 g/mol. The number of aromatic amines is 1. The minimum Gasteiger partial charge on any atom is -0.303 e. The maximum absolute atomic E-state index is 11.6. The quantitative estimate of drug-likeness (QED) is 0.439. The van der Waals surface area contributed by atoms with Gasteiger partial charge in [-0.1, -0.05) is 0 Å². The van der Waals surface area contributed by atoms with Gasteiger partial charge in [0.15, 0.2) is 17.1 Å². The summed E-state index contributed by atoms with van der Waals surface area (Å²) in [6, 6.07) is 0. The number of hydrogen-bond acceptors (Lipinski definition) is 5. The number of fused-ring (bicyclic) bond motifs is 1. The van der Waals surface area contributed by atoms with Crippen LogP contribution < -0.4 is 5.56 Å². The van der Waals surface area contributed by atoms with Crippen LogP contribution in [0.3, 0.4) is 0 Å². The van der Waals surface area contributed by atoms with Crippen LogP contribution in [0.25, 0.3) is 21.6 Å². The van der Waals surface area contributed by atoms with Crippen molar-refractivity contribution in [3.8, 4) is 0 Å². The Morgan fingerprint density at radius 3 is 2.62 bits per heavy atom. The third kappa shape index (κ3) is 1.57. The largest absolute Gasteiger partial charge is 0.303 e. The lowest BCUT2D eigenvalue weighted by Crippen LogP contribution is -2.11. The number of nitrogens with zero attached hydrogens (tertiary/aromatic N) is 6. The summed E-state index contributed by atoms with van der Waals surface area (Å²) in [5.74, 6) is -0.113. The van der Waals surface area contributed by atoms with E-state index in [0.29, 0.717) is 11.4 Å². The van der Waals surface area contributed by atoms with Crippen molar-refractivity contribution in [3.63, 3.8) is 0 Å². The molecule has 0 aromatic carbocycles. The van der Waals surface area contributed by atoms with E-state index in [1.54, 1.807) is 13.8 Å². The lowest BCUT2D eigenvalue weighted by atomic mass is 10.3. The SMILES string of the molecule is Cc1nc2nc(N=[N+]=[N-])[nH]c(=O)c2nc1C. The zero-order valence-electron chi connectivity index (χ0n) is 8.59. The molecule has 0 bridgehead atoms. The van der Waals surface area contributed by atoms with Crippen LogP contribution in [0.5, 0.6) is 0 Å². The number of aromatic nitrogens is 4. The molecule has 1 N–H and O–H groups in total. The van der Waals surface area contributed by atoms with Gasteiger partial charge in [0.05, 0.1) is 11.4 Å². The minimum atomic E-state index is -0.469. The minimum absolute atomic E-state index is 0.113. The highest BCUT2D eigenvalue weighted by atomic mass is 16.1. The molecule has 2 aromatic rings. The molecule has 16 heavy (non-hydrogen) atoms. The Balaban J connectivity index is 2.87. The highest BCUT2D eigenvalue weighted by molar-refractivity contribution is 5.69. The van der Waals surface area contributed by atoms with Crippen LogP contribution in [-0.2, 0) is 0 Å². The van der Waals surface area contributed by atoms with Gasteiger partial charge in [-0.15, -0.1) is 0 Å². The van der Waals surface area contributed by atoms with Crippen LogP contribution in [0, 0.1) is 13.8 Å². The molecule has 2 rings (SSSR count). The van der Waals surface area contributed by atoms with E-state index < -0.39 is 5.56 Å². The summed E-state index contributed by atoms with van der Waals surface area (Å²) in [6.07, 6.45) is 0. The zero-order chi connectivity index (χ0) is 11.7. The number of nitrogens with one attached hydrogen (secondary N) is 1. The summed E-state index contributed by atoms with van der Waals surface area (Å²) in [6.45, 7) is 3.51. The van der Waals surface area contributed by atoms with Gasteiger partial charge in [-0.3, -0.25) is 4.79 Å². The molecule has 0 radical (unpaired) electrons. The molecule has 8 heteroatoms. The summed E-state index contributed by atoms with van der Waals surface area (Å²) < 4.78 is 0. The van der Waals surface area contributed by atoms with Crippen molar-refractivity contribution in [1.82, 2.24) is 19.9 Å². The van der Waals surface area contributed by atoms with E-state index in [9.17, 15) is 4.79 Å². The number of H-pyrrole nitrogens is 1. The lowest BCUT2D eigenvalue weighted by Gasteiger charge is -2.00. The van der Waals surface area contributed by atoms with Crippen molar-refractivity contribution < 1.29 is 0 Å². The summed E-state index contributed by atoms with van der Waals surface area (Å²) in [4.78, 5) is 28.5. The first-order valence-corrected chi connectivity index (χ1v) is 4.42. The van der Waals surface area contributed by atoms with Crippen LogP contribution in [-0.4, -0.2) is 19.9 Å². The Bertz CT molecular complexity index is 668. The first-order chi connectivity index (χ1) is 7.61. The van der Waals surface area contributed by atoms with Crippen LogP contribution in [0.1, 0.15) is 11.4 Å². The molecule has 0 saturated heterocycles. The Morgan fingerprint density at radius 1 is 1.25 bits per heavy atom. The molecule has 8 nitrogen and oxygen atoms in total. The van der Waals surface area contributed by atoms with Crippen molar-refractivity contribution in [2.45, 2.75) is 13.8 Å². The predicted molar refractivity (Wildman–Crippen MR) is 56.2 cm³/mol. The molecule has 0 saturated carbocycles. The van der Waals surface area contributed by atoms with Gasteiger partial charge in [-0.05, 0) is 24.5 Å². The molecule has 0 atom stereocenters.